The molecule has 5 nitrogen and oxygen atoms in total. The van der Waals surface area contributed by atoms with Gasteiger partial charge in [-0.25, -0.2) is 0 Å². The van der Waals surface area contributed by atoms with Crippen molar-refractivity contribution < 1.29 is 14.3 Å². The van der Waals surface area contributed by atoms with Crippen LogP contribution in [0.25, 0.3) is 0 Å². The molecule has 1 amide bonds. The number of nitrogens with one attached hydrogen (secondary N) is 1. The van der Waals surface area contributed by atoms with Gasteiger partial charge in [-0.05, 0) is 38.3 Å². The number of carbonyl (C=O) groups is 1. The molecule has 4 atom stereocenters. The second-order valence-corrected chi connectivity index (χ2v) is 7.32. The lowest BCUT2D eigenvalue weighted by molar-refractivity contribution is -0.123. The molecule has 5 heteroatoms. The maximum Gasteiger partial charge on any atom is 0.226 e. The fraction of sp³-hybridized carbons (Fsp3) is 0.650. The Kier molecular flexibility index (Phi) is 6.10. The predicted octanol–water partition coefficient (Wildman–Crippen LogP) is 2.34. The molecule has 1 aromatic rings. The van der Waals surface area contributed by atoms with Gasteiger partial charge in [-0.1, -0.05) is 24.3 Å². The first-order valence-corrected chi connectivity index (χ1v) is 9.40. The van der Waals surface area contributed by atoms with Crippen molar-refractivity contribution in [3.63, 3.8) is 0 Å². The van der Waals surface area contributed by atoms with Gasteiger partial charge in [0.2, 0.25) is 5.91 Å². The van der Waals surface area contributed by atoms with E-state index in [0.717, 1.165) is 31.6 Å². The smallest absolute Gasteiger partial charge is 0.226 e. The number of rotatable bonds is 7. The van der Waals surface area contributed by atoms with Crippen LogP contribution >= 0.6 is 0 Å². The average molecular weight is 346 g/mol. The van der Waals surface area contributed by atoms with Crippen LogP contribution in [0, 0.1) is 5.92 Å². The first-order chi connectivity index (χ1) is 12.0. The first kappa shape index (κ1) is 18.4. The van der Waals surface area contributed by atoms with Crippen LogP contribution in [-0.4, -0.2) is 48.8 Å². The summed E-state index contributed by atoms with van der Waals surface area (Å²) >= 11 is 0. The van der Waals surface area contributed by atoms with Gasteiger partial charge < -0.3 is 14.8 Å². The Hall–Kier alpha value is -1.43. The monoisotopic (exact) mass is 346 g/mol. The molecule has 1 aromatic carbocycles. The molecule has 4 unspecified atom stereocenters. The van der Waals surface area contributed by atoms with E-state index in [9.17, 15) is 4.79 Å². The number of amides is 1. The van der Waals surface area contributed by atoms with Crippen molar-refractivity contribution in [3.05, 3.63) is 35.4 Å². The molecular weight excluding hydrogens is 316 g/mol. The molecule has 0 aromatic heterocycles. The Morgan fingerprint density at radius 2 is 1.84 bits per heavy atom. The molecule has 2 aliphatic rings. The molecular formula is C20H30N2O3. The third kappa shape index (κ3) is 5.27. The molecule has 0 radical (unpaired) electrons. The summed E-state index contributed by atoms with van der Waals surface area (Å²) in [6.45, 7) is 10.4. The van der Waals surface area contributed by atoms with E-state index in [0.29, 0.717) is 25.4 Å². The predicted molar refractivity (Wildman–Crippen MR) is 97.1 cm³/mol. The fourth-order valence-corrected chi connectivity index (χ4v) is 3.60. The minimum absolute atomic E-state index is 0.0459. The second kappa shape index (κ2) is 8.30. The maximum atomic E-state index is 12.0. The number of carbonyl (C=O) groups excluding carboxylic acids is 1. The summed E-state index contributed by atoms with van der Waals surface area (Å²) in [5.41, 5.74) is 2.43. The van der Waals surface area contributed by atoms with Crippen LogP contribution in [-0.2, 0) is 27.4 Å². The van der Waals surface area contributed by atoms with E-state index in [4.69, 9.17) is 9.47 Å². The summed E-state index contributed by atoms with van der Waals surface area (Å²) in [5.74, 6) is 0.156. The number of hydrogen-bond acceptors (Lipinski definition) is 4. The van der Waals surface area contributed by atoms with Crippen LogP contribution in [0.1, 0.15) is 38.3 Å². The van der Waals surface area contributed by atoms with E-state index in [2.05, 4.69) is 48.3 Å². The largest absolute Gasteiger partial charge is 0.378 e. The topological polar surface area (TPSA) is 50.8 Å². The number of benzene rings is 1. The molecule has 1 heterocycles. The number of morpholine rings is 1. The van der Waals surface area contributed by atoms with Crippen LogP contribution in [0.4, 0.5) is 0 Å². The second-order valence-electron chi connectivity index (χ2n) is 7.32. The van der Waals surface area contributed by atoms with Crippen LogP contribution in [0.3, 0.4) is 0 Å². The van der Waals surface area contributed by atoms with Crippen molar-refractivity contribution in [2.75, 3.05) is 19.7 Å². The normalized spacial score (nSPS) is 29.4. The molecule has 138 valence electrons. The summed E-state index contributed by atoms with van der Waals surface area (Å²) < 4.78 is 11.3. The number of hydrogen-bond donors (Lipinski definition) is 1. The highest BCUT2D eigenvalue weighted by molar-refractivity contribution is 5.82. The van der Waals surface area contributed by atoms with Crippen molar-refractivity contribution in [1.29, 1.82) is 0 Å². The number of ether oxygens (including phenoxy) is 2. The zero-order chi connectivity index (χ0) is 17.8. The molecule has 1 saturated carbocycles. The van der Waals surface area contributed by atoms with Gasteiger partial charge in [0.25, 0.3) is 0 Å². The zero-order valence-electron chi connectivity index (χ0n) is 15.5. The first-order valence-electron chi connectivity index (χ1n) is 9.40. The van der Waals surface area contributed by atoms with Crippen LogP contribution in [0.5, 0.6) is 0 Å². The lowest BCUT2D eigenvalue weighted by Gasteiger charge is -2.35. The van der Waals surface area contributed by atoms with Crippen molar-refractivity contribution in [2.45, 2.75) is 58.6 Å². The van der Waals surface area contributed by atoms with Gasteiger partial charge >= 0.3 is 0 Å². The van der Waals surface area contributed by atoms with E-state index in [1.165, 1.54) is 5.56 Å². The molecule has 0 spiro atoms. The lowest BCUT2D eigenvalue weighted by atomic mass is 10.1. The van der Waals surface area contributed by atoms with E-state index in [1.807, 2.05) is 6.92 Å². The lowest BCUT2D eigenvalue weighted by Crippen LogP contribution is -2.44. The number of nitrogens with zero attached hydrogens (tertiary/aromatic N) is 1. The maximum absolute atomic E-state index is 12.0. The minimum atomic E-state index is 0.0459. The van der Waals surface area contributed by atoms with E-state index < -0.39 is 0 Å². The molecule has 25 heavy (non-hydrogen) atoms. The quantitative estimate of drug-likeness (QED) is 0.823. The van der Waals surface area contributed by atoms with Gasteiger partial charge in [0.1, 0.15) is 0 Å². The Balaban J connectivity index is 1.43. The Morgan fingerprint density at radius 3 is 2.48 bits per heavy atom. The van der Waals surface area contributed by atoms with E-state index in [-0.39, 0.29) is 17.9 Å². The minimum Gasteiger partial charge on any atom is -0.378 e. The van der Waals surface area contributed by atoms with Crippen LogP contribution in [0.2, 0.25) is 0 Å². The highest BCUT2D eigenvalue weighted by atomic mass is 16.5. The van der Waals surface area contributed by atoms with Crippen molar-refractivity contribution >= 4 is 5.91 Å². The standard InChI is InChI=1S/C20H30N2O3/c1-4-24-19-9-18(19)20(23)21-10-16-5-7-17(8-6-16)13-22-11-14(2)25-15(3)12-22/h5-8,14-15,18-19H,4,9-13H2,1-3H3,(H,21,23). The zero-order valence-corrected chi connectivity index (χ0v) is 15.5. The Bertz CT molecular complexity index is 565. The highest BCUT2D eigenvalue weighted by Crippen LogP contribution is 2.33. The molecule has 1 aliphatic carbocycles. The van der Waals surface area contributed by atoms with E-state index >= 15 is 0 Å². The molecule has 0 bridgehead atoms. The third-order valence-electron chi connectivity index (χ3n) is 4.84. The van der Waals surface area contributed by atoms with Crippen molar-refractivity contribution in [1.82, 2.24) is 10.2 Å². The highest BCUT2D eigenvalue weighted by Gasteiger charge is 2.43. The molecule has 1 aliphatic heterocycles. The van der Waals surface area contributed by atoms with Gasteiger partial charge in [-0.15, -0.1) is 0 Å². The molecule has 3 rings (SSSR count). The summed E-state index contributed by atoms with van der Waals surface area (Å²) in [6, 6.07) is 8.53. The van der Waals surface area contributed by atoms with Crippen molar-refractivity contribution in [2.24, 2.45) is 5.92 Å². The Morgan fingerprint density at radius 1 is 1.20 bits per heavy atom. The van der Waals surface area contributed by atoms with E-state index in [1.54, 1.807) is 0 Å². The molecule has 1 N–H and O–H groups in total. The fourth-order valence-electron chi connectivity index (χ4n) is 3.60. The van der Waals surface area contributed by atoms with Gasteiger partial charge in [-0.3, -0.25) is 9.69 Å². The third-order valence-corrected chi connectivity index (χ3v) is 4.84. The average Bonchev–Trinajstić information content (AvgIpc) is 3.33. The molecule has 2 fully saturated rings. The SMILES string of the molecule is CCOC1CC1C(=O)NCc1ccc(CN2CC(C)OC(C)C2)cc1. The van der Waals surface area contributed by atoms with Gasteiger partial charge in [0.15, 0.2) is 0 Å². The summed E-state index contributed by atoms with van der Waals surface area (Å²) in [6.07, 6.45) is 1.57. The summed E-state index contributed by atoms with van der Waals surface area (Å²) in [5, 5.41) is 3.02. The molecule has 1 saturated heterocycles. The van der Waals surface area contributed by atoms with Gasteiger partial charge in [0, 0.05) is 32.8 Å². The summed E-state index contributed by atoms with van der Waals surface area (Å²) in [4.78, 5) is 14.5. The van der Waals surface area contributed by atoms with Crippen molar-refractivity contribution in [3.8, 4) is 0 Å². The van der Waals surface area contributed by atoms with Gasteiger partial charge in [-0.2, -0.15) is 0 Å². The van der Waals surface area contributed by atoms with Crippen LogP contribution in [0.15, 0.2) is 24.3 Å². The van der Waals surface area contributed by atoms with Crippen LogP contribution < -0.4 is 5.32 Å². The Labute approximate surface area is 150 Å². The summed E-state index contributed by atoms with van der Waals surface area (Å²) in [7, 11) is 0. The van der Waals surface area contributed by atoms with Gasteiger partial charge in [0.05, 0.1) is 24.2 Å².